The first kappa shape index (κ1) is 30.0. The molecule has 0 saturated carbocycles. The van der Waals surface area contributed by atoms with Crippen molar-refractivity contribution in [2.75, 3.05) is 52.4 Å². The molecule has 0 unspecified atom stereocenters. The van der Waals surface area contributed by atoms with Crippen LogP contribution in [0.1, 0.15) is 48.5 Å². The third kappa shape index (κ3) is 6.55. The molecule has 0 spiro atoms. The normalized spacial score (nSPS) is 18.9. The van der Waals surface area contributed by atoms with Crippen LogP contribution < -0.4 is 0 Å². The fourth-order valence-corrected chi connectivity index (χ4v) is 6.85. The molecule has 3 aliphatic heterocycles. The Bertz CT molecular complexity index is 1490. The van der Waals surface area contributed by atoms with Crippen molar-refractivity contribution >= 4 is 17.7 Å². The van der Waals surface area contributed by atoms with Gasteiger partial charge in [0.1, 0.15) is 0 Å². The Morgan fingerprint density at radius 2 is 1.36 bits per heavy atom. The third-order valence-electron chi connectivity index (χ3n) is 9.60. The maximum Gasteiger partial charge on any atom is 0.254 e. The Hall–Kier alpha value is -4.05. The van der Waals surface area contributed by atoms with Gasteiger partial charge in [-0.2, -0.15) is 5.10 Å². The van der Waals surface area contributed by atoms with E-state index in [0.29, 0.717) is 37.8 Å². The number of hydrogen-bond donors (Lipinski definition) is 0. The van der Waals surface area contributed by atoms with Crippen LogP contribution in [0.15, 0.2) is 48.8 Å². The van der Waals surface area contributed by atoms with Gasteiger partial charge in [-0.3, -0.25) is 24.0 Å². The average Bonchev–Trinajstić information content (AvgIpc) is 3.50. The van der Waals surface area contributed by atoms with Gasteiger partial charge in [-0.15, -0.1) is 0 Å². The summed E-state index contributed by atoms with van der Waals surface area (Å²) in [5.74, 6) is 0.424. The van der Waals surface area contributed by atoms with Gasteiger partial charge in [0.25, 0.3) is 5.91 Å². The average molecular weight is 598 g/mol. The molecule has 2 aromatic heterocycles. The first-order chi connectivity index (χ1) is 21.2. The molecule has 0 atom stereocenters. The summed E-state index contributed by atoms with van der Waals surface area (Å²) in [6.07, 6.45) is 7.16. The van der Waals surface area contributed by atoms with Gasteiger partial charge in [0.2, 0.25) is 11.8 Å². The first-order valence-corrected chi connectivity index (χ1v) is 15.9. The Balaban J connectivity index is 1.06. The van der Waals surface area contributed by atoms with Gasteiger partial charge < -0.3 is 14.7 Å². The number of piperazine rings is 1. The largest absolute Gasteiger partial charge is 0.343 e. The van der Waals surface area contributed by atoms with Gasteiger partial charge in [0.15, 0.2) is 0 Å². The van der Waals surface area contributed by atoms with Gasteiger partial charge >= 0.3 is 0 Å². The monoisotopic (exact) mass is 597 g/mol. The second kappa shape index (κ2) is 12.9. The fourth-order valence-electron chi connectivity index (χ4n) is 6.85. The number of nitrogens with zero attached hydrogens (tertiary/aromatic N) is 7. The fraction of sp³-hybridized carbons (Fsp3) is 0.500. The smallest absolute Gasteiger partial charge is 0.254 e. The zero-order valence-corrected chi connectivity index (χ0v) is 26.1. The van der Waals surface area contributed by atoms with E-state index in [-0.39, 0.29) is 23.6 Å². The highest BCUT2D eigenvalue weighted by Gasteiger charge is 2.34. The Morgan fingerprint density at radius 3 is 1.95 bits per heavy atom. The van der Waals surface area contributed by atoms with Crippen molar-refractivity contribution in [2.45, 2.75) is 45.6 Å². The molecule has 0 aliphatic carbocycles. The Kier molecular flexibility index (Phi) is 8.79. The predicted octanol–water partition coefficient (Wildman–Crippen LogP) is 3.46. The van der Waals surface area contributed by atoms with E-state index in [4.69, 9.17) is 4.98 Å². The number of carbonyl (C=O) groups excluding carboxylic acids is 3. The van der Waals surface area contributed by atoms with Gasteiger partial charge in [-0.05, 0) is 44.7 Å². The highest BCUT2D eigenvalue weighted by Crippen LogP contribution is 2.27. The van der Waals surface area contributed by atoms with Crippen LogP contribution in [0, 0.1) is 12.8 Å². The molecular formula is C34H43N7O3. The number of benzene rings is 1. The van der Waals surface area contributed by atoms with E-state index in [9.17, 15) is 14.4 Å². The summed E-state index contributed by atoms with van der Waals surface area (Å²) in [6.45, 7) is 9.61. The third-order valence-corrected chi connectivity index (χ3v) is 9.60. The van der Waals surface area contributed by atoms with Crippen LogP contribution in [-0.2, 0) is 16.6 Å². The Morgan fingerprint density at radius 1 is 0.750 bits per heavy atom. The number of pyridine rings is 1. The van der Waals surface area contributed by atoms with Crippen molar-refractivity contribution in [3.05, 3.63) is 59.9 Å². The molecule has 3 fully saturated rings. The van der Waals surface area contributed by atoms with Crippen LogP contribution in [0.25, 0.3) is 22.5 Å². The number of aromatic nitrogens is 3. The molecule has 0 bridgehead atoms. The van der Waals surface area contributed by atoms with Crippen LogP contribution in [0.3, 0.4) is 0 Å². The molecule has 44 heavy (non-hydrogen) atoms. The van der Waals surface area contributed by atoms with E-state index in [1.54, 1.807) is 17.8 Å². The molecule has 0 radical (unpaired) electrons. The van der Waals surface area contributed by atoms with Gasteiger partial charge in [-0.25, -0.2) is 4.98 Å². The summed E-state index contributed by atoms with van der Waals surface area (Å²) in [7, 11) is 1.88. The lowest BCUT2D eigenvalue weighted by Gasteiger charge is -2.43. The van der Waals surface area contributed by atoms with Crippen molar-refractivity contribution in [1.29, 1.82) is 0 Å². The SMILES string of the molecule is CC(=O)N1CCC(C(=O)N2CCC(N3CCN(C(=O)c4cc(-c5ccc(C)cc5)nc(-c5cnn(C)c5)c4)CC3)CC2)CC1. The van der Waals surface area contributed by atoms with Crippen molar-refractivity contribution in [1.82, 2.24) is 34.4 Å². The highest BCUT2D eigenvalue weighted by atomic mass is 16.2. The maximum absolute atomic E-state index is 13.8. The van der Waals surface area contributed by atoms with Gasteiger partial charge in [0.05, 0.1) is 17.6 Å². The zero-order chi connectivity index (χ0) is 30.8. The Labute approximate surface area is 259 Å². The molecule has 10 nitrogen and oxygen atoms in total. The number of aryl methyl sites for hydroxylation is 2. The van der Waals surface area contributed by atoms with Crippen molar-refractivity contribution in [3.63, 3.8) is 0 Å². The summed E-state index contributed by atoms with van der Waals surface area (Å²) < 4.78 is 1.75. The van der Waals surface area contributed by atoms with Crippen molar-refractivity contribution < 1.29 is 14.4 Å². The standard InChI is InChI=1S/C34H43N7O3/c1-24-4-6-26(7-5-24)31-20-28(21-32(36-31)29-22-35-37(3)23-29)34(44)41-18-16-39(17-19-41)30-10-14-40(15-11-30)33(43)27-8-12-38(13-9-27)25(2)42/h4-7,20-23,27,30H,8-19H2,1-3H3. The van der Waals surface area contributed by atoms with E-state index in [0.717, 1.165) is 74.4 Å². The van der Waals surface area contributed by atoms with E-state index in [1.807, 2.05) is 52.2 Å². The number of rotatable bonds is 5. The molecule has 3 aliphatic rings. The summed E-state index contributed by atoms with van der Waals surface area (Å²) in [6, 6.07) is 12.5. The van der Waals surface area contributed by atoms with Gasteiger partial charge in [-0.1, -0.05) is 29.8 Å². The molecule has 10 heteroatoms. The van der Waals surface area contributed by atoms with Gasteiger partial charge in [0, 0.05) is 101 Å². The van der Waals surface area contributed by atoms with Crippen LogP contribution in [0.4, 0.5) is 0 Å². The first-order valence-electron chi connectivity index (χ1n) is 15.9. The summed E-state index contributed by atoms with van der Waals surface area (Å²) in [5, 5.41) is 4.31. The number of amides is 3. The lowest BCUT2D eigenvalue weighted by Crippen LogP contribution is -2.55. The van der Waals surface area contributed by atoms with Crippen molar-refractivity contribution in [3.8, 4) is 22.5 Å². The maximum atomic E-state index is 13.8. The molecule has 232 valence electrons. The lowest BCUT2D eigenvalue weighted by atomic mass is 9.93. The van der Waals surface area contributed by atoms with Crippen LogP contribution >= 0.6 is 0 Å². The second-order valence-electron chi connectivity index (χ2n) is 12.6. The molecule has 3 saturated heterocycles. The van der Waals surface area contributed by atoms with Crippen LogP contribution in [-0.4, -0.2) is 110 Å². The van der Waals surface area contributed by atoms with E-state index in [2.05, 4.69) is 29.1 Å². The molecule has 3 amide bonds. The lowest BCUT2D eigenvalue weighted by molar-refractivity contribution is -0.141. The van der Waals surface area contributed by atoms with E-state index < -0.39 is 0 Å². The number of hydrogen-bond acceptors (Lipinski definition) is 6. The highest BCUT2D eigenvalue weighted by molar-refractivity contribution is 5.96. The van der Waals surface area contributed by atoms with E-state index >= 15 is 0 Å². The number of likely N-dealkylation sites (tertiary alicyclic amines) is 2. The topological polar surface area (TPSA) is 94.9 Å². The predicted molar refractivity (Wildman–Crippen MR) is 169 cm³/mol. The molecule has 1 aromatic carbocycles. The molecule has 0 N–H and O–H groups in total. The quantitative estimate of drug-likeness (QED) is 0.447. The van der Waals surface area contributed by atoms with E-state index in [1.165, 1.54) is 5.56 Å². The molecular weight excluding hydrogens is 554 g/mol. The second-order valence-corrected chi connectivity index (χ2v) is 12.6. The summed E-state index contributed by atoms with van der Waals surface area (Å²) >= 11 is 0. The minimum absolute atomic E-state index is 0.0294. The minimum atomic E-state index is 0.0294. The zero-order valence-electron chi connectivity index (χ0n) is 26.1. The molecule has 5 heterocycles. The minimum Gasteiger partial charge on any atom is -0.343 e. The molecule has 6 rings (SSSR count). The summed E-state index contributed by atoms with van der Waals surface area (Å²) in [4.78, 5) is 51.9. The molecule has 3 aromatic rings. The van der Waals surface area contributed by atoms with Crippen LogP contribution in [0.2, 0.25) is 0 Å². The number of carbonyl (C=O) groups is 3. The van der Waals surface area contributed by atoms with Crippen LogP contribution in [0.5, 0.6) is 0 Å². The summed E-state index contributed by atoms with van der Waals surface area (Å²) in [5.41, 5.74) is 5.19. The van der Waals surface area contributed by atoms with Crippen molar-refractivity contribution in [2.24, 2.45) is 13.0 Å². The number of piperidine rings is 2.